The van der Waals surface area contributed by atoms with E-state index < -0.39 is 27.1 Å². The molecule has 1 heterocycles. The summed E-state index contributed by atoms with van der Waals surface area (Å²) in [6.45, 7) is 4.31. The van der Waals surface area contributed by atoms with Gasteiger partial charge in [0.05, 0.1) is 32.5 Å². The number of nitro groups is 2. The van der Waals surface area contributed by atoms with Crippen LogP contribution in [0.1, 0.15) is 36.1 Å². The van der Waals surface area contributed by atoms with Crippen molar-refractivity contribution in [3.8, 4) is 0 Å². The normalized spacial score (nSPS) is 11.0. The maximum Gasteiger partial charge on any atom is 0.277 e. The minimum atomic E-state index is -0.769. The van der Waals surface area contributed by atoms with Gasteiger partial charge in [-0.3, -0.25) is 25.0 Å². The van der Waals surface area contributed by atoms with Crippen molar-refractivity contribution in [1.29, 1.82) is 0 Å². The third kappa shape index (κ3) is 4.21. The van der Waals surface area contributed by atoms with Gasteiger partial charge in [0.25, 0.3) is 17.3 Å². The van der Waals surface area contributed by atoms with Crippen molar-refractivity contribution in [2.24, 2.45) is 0 Å². The fourth-order valence-corrected chi connectivity index (χ4v) is 3.17. The largest absolute Gasteiger partial charge is 0.352 e. The summed E-state index contributed by atoms with van der Waals surface area (Å²) in [6, 6.07) is 10.8. The van der Waals surface area contributed by atoms with Crippen LogP contribution in [0.15, 0.2) is 42.5 Å². The van der Waals surface area contributed by atoms with Gasteiger partial charge in [0, 0.05) is 31.1 Å². The molecule has 10 nitrogen and oxygen atoms in total. The molecule has 1 aromatic heterocycles. The Bertz CT molecular complexity index is 1070. The Hall–Kier alpha value is -3.82. The van der Waals surface area contributed by atoms with E-state index in [9.17, 15) is 25.0 Å². The summed E-state index contributed by atoms with van der Waals surface area (Å²) in [5.41, 5.74) is 0.704. The average Bonchev–Trinajstić information content (AvgIpc) is 3.05. The van der Waals surface area contributed by atoms with Crippen LogP contribution in [0.5, 0.6) is 0 Å². The number of benzene rings is 2. The highest BCUT2D eigenvalue weighted by molar-refractivity contribution is 5.95. The first-order valence-electron chi connectivity index (χ1n) is 8.96. The van der Waals surface area contributed by atoms with Crippen LogP contribution in [-0.2, 0) is 6.42 Å². The van der Waals surface area contributed by atoms with Gasteiger partial charge >= 0.3 is 0 Å². The Morgan fingerprint density at radius 2 is 1.72 bits per heavy atom. The summed E-state index contributed by atoms with van der Waals surface area (Å²) in [5, 5.41) is 24.6. The molecule has 0 atom stereocenters. The van der Waals surface area contributed by atoms with Crippen LogP contribution in [0.4, 0.5) is 11.4 Å². The molecule has 0 aliphatic heterocycles. The number of hydrogen-bond acceptors (Lipinski definition) is 6. The van der Waals surface area contributed by atoms with Gasteiger partial charge in [-0.1, -0.05) is 12.1 Å². The minimum Gasteiger partial charge on any atom is -0.352 e. The van der Waals surface area contributed by atoms with Crippen LogP contribution in [0.2, 0.25) is 0 Å². The van der Waals surface area contributed by atoms with Crippen molar-refractivity contribution in [3.05, 3.63) is 74.1 Å². The number of rotatable bonds is 7. The molecule has 0 radical (unpaired) electrons. The van der Waals surface area contributed by atoms with E-state index in [0.717, 1.165) is 35.1 Å². The molecule has 1 amide bonds. The molecule has 2 aromatic carbocycles. The predicted molar refractivity (Wildman–Crippen MR) is 106 cm³/mol. The molecule has 0 aliphatic rings. The standard InChI is InChI=1S/C19H19N5O5/c1-12(2)22-17-6-4-3-5-16(17)21-18(22)7-8-20-19(25)13-9-14(23(26)27)11-15(10-13)24(28)29/h3-6,9-12H,7-8H2,1-2H3,(H,20,25). The fourth-order valence-electron chi connectivity index (χ4n) is 3.17. The second-order valence-corrected chi connectivity index (χ2v) is 6.74. The lowest BCUT2D eigenvalue weighted by molar-refractivity contribution is -0.394. The number of carbonyl (C=O) groups is 1. The molecule has 0 saturated carbocycles. The van der Waals surface area contributed by atoms with Crippen molar-refractivity contribution in [2.75, 3.05) is 6.54 Å². The molecule has 0 unspecified atom stereocenters. The summed E-state index contributed by atoms with van der Waals surface area (Å²) in [6.07, 6.45) is 0.440. The zero-order valence-corrected chi connectivity index (χ0v) is 15.9. The number of fused-ring (bicyclic) bond motifs is 1. The molecule has 0 saturated heterocycles. The van der Waals surface area contributed by atoms with E-state index in [4.69, 9.17) is 0 Å². The van der Waals surface area contributed by atoms with E-state index in [-0.39, 0.29) is 18.2 Å². The topological polar surface area (TPSA) is 133 Å². The van der Waals surface area contributed by atoms with E-state index in [0.29, 0.717) is 6.42 Å². The highest BCUT2D eigenvalue weighted by Gasteiger charge is 2.20. The number of imidazole rings is 1. The summed E-state index contributed by atoms with van der Waals surface area (Å²) < 4.78 is 2.08. The minimum absolute atomic E-state index is 0.136. The molecule has 3 aromatic rings. The van der Waals surface area contributed by atoms with Crippen molar-refractivity contribution in [1.82, 2.24) is 14.9 Å². The first kappa shape index (κ1) is 19.9. The number of nitrogens with zero attached hydrogens (tertiary/aromatic N) is 4. The smallest absolute Gasteiger partial charge is 0.277 e. The Kier molecular flexibility index (Phi) is 5.53. The lowest BCUT2D eigenvalue weighted by Gasteiger charge is -2.13. The third-order valence-electron chi connectivity index (χ3n) is 4.41. The van der Waals surface area contributed by atoms with Crippen LogP contribution in [0.25, 0.3) is 11.0 Å². The Morgan fingerprint density at radius 1 is 1.10 bits per heavy atom. The fraction of sp³-hybridized carbons (Fsp3) is 0.263. The van der Waals surface area contributed by atoms with Gasteiger partial charge in [0.1, 0.15) is 5.82 Å². The maximum atomic E-state index is 12.4. The summed E-state index contributed by atoms with van der Waals surface area (Å²) in [7, 11) is 0. The maximum absolute atomic E-state index is 12.4. The number of hydrogen-bond donors (Lipinski definition) is 1. The monoisotopic (exact) mass is 397 g/mol. The molecule has 0 fully saturated rings. The van der Waals surface area contributed by atoms with E-state index in [1.165, 1.54) is 0 Å². The third-order valence-corrected chi connectivity index (χ3v) is 4.41. The van der Waals surface area contributed by atoms with Gasteiger partial charge in [-0.05, 0) is 26.0 Å². The molecular formula is C19H19N5O5. The Morgan fingerprint density at radius 3 is 2.31 bits per heavy atom. The van der Waals surface area contributed by atoms with Crippen LogP contribution in [0, 0.1) is 20.2 Å². The Labute approximate surface area is 165 Å². The molecular weight excluding hydrogens is 378 g/mol. The molecule has 1 N–H and O–H groups in total. The summed E-state index contributed by atoms with van der Waals surface area (Å²) in [5.74, 6) is 0.176. The molecule has 0 bridgehead atoms. The molecule has 29 heavy (non-hydrogen) atoms. The van der Waals surface area contributed by atoms with Crippen molar-refractivity contribution >= 4 is 28.3 Å². The van der Waals surface area contributed by atoms with Gasteiger partial charge in [0.15, 0.2) is 0 Å². The van der Waals surface area contributed by atoms with Gasteiger partial charge in [-0.25, -0.2) is 4.98 Å². The van der Waals surface area contributed by atoms with Crippen LogP contribution in [-0.4, -0.2) is 31.8 Å². The van der Waals surface area contributed by atoms with E-state index >= 15 is 0 Å². The lowest BCUT2D eigenvalue weighted by Crippen LogP contribution is -2.26. The van der Waals surface area contributed by atoms with Crippen LogP contribution in [0.3, 0.4) is 0 Å². The van der Waals surface area contributed by atoms with Gasteiger partial charge in [0.2, 0.25) is 0 Å². The first-order chi connectivity index (χ1) is 13.8. The molecule has 0 spiro atoms. The number of para-hydroxylation sites is 2. The number of non-ortho nitro benzene ring substituents is 2. The van der Waals surface area contributed by atoms with Gasteiger partial charge in [-0.15, -0.1) is 0 Å². The second kappa shape index (κ2) is 8.05. The molecule has 150 valence electrons. The first-order valence-corrected chi connectivity index (χ1v) is 8.96. The highest BCUT2D eigenvalue weighted by Crippen LogP contribution is 2.23. The number of carbonyl (C=O) groups excluding carboxylic acids is 1. The van der Waals surface area contributed by atoms with Gasteiger partial charge in [-0.2, -0.15) is 0 Å². The van der Waals surface area contributed by atoms with Crippen LogP contribution >= 0.6 is 0 Å². The lowest BCUT2D eigenvalue weighted by atomic mass is 10.1. The van der Waals surface area contributed by atoms with Gasteiger partial charge < -0.3 is 9.88 Å². The highest BCUT2D eigenvalue weighted by atomic mass is 16.6. The number of nitrogens with one attached hydrogen (secondary N) is 1. The zero-order valence-electron chi connectivity index (χ0n) is 15.9. The SMILES string of the molecule is CC(C)n1c(CCNC(=O)c2cc([N+](=O)[O-])cc([N+](=O)[O-])c2)nc2ccccc21. The van der Waals surface area contributed by atoms with Crippen molar-refractivity contribution in [2.45, 2.75) is 26.3 Å². The average molecular weight is 397 g/mol. The predicted octanol–water partition coefficient (Wildman–Crippen LogP) is 3.41. The second-order valence-electron chi connectivity index (χ2n) is 6.74. The number of nitro benzene ring substituents is 2. The van der Waals surface area contributed by atoms with Crippen molar-refractivity contribution < 1.29 is 14.6 Å². The number of aromatic nitrogens is 2. The zero-order chi connectivity index (χ0) is 21.1. The summed E-state index contributed by atoms with van der Waals surface area (Å²) in [4.78, 5) is 37.4. The quantitative estimate of drug-likeness (QED) is 0.480. The summed E-state index contributed by atoms with van der Waals surface area (Å²) >= 11 is 0. The molecule has 10 heteroatoms. The van der Waals surface area contributed by atoms with E-state index in [2.05, 4.69) is 14.9 Å². The van der Waals surface area contributed by atoms with E-state index in [1.807, 2.05) is 38.1 Å². The molecule has 0 aliphatic carbocycles. The van der Waals surface area contributed by atoms with Crippen LogP contribution < -0.4 is 5.32 Å². The molecule has 3 rings (SSSR count). The Balaban J connectivity index is 1.77. The number of amides is 1. The van der Waals surface area contributed by atoms with E-state index in [1.54, 1.807) is 0 Å². The van der Waals surface area contributed by atoms with Crippen molar-refractivity contribution in [3.63, 3.8) is 0 Å².